The molecular formula is C25H24ClNO4. The zero-order chi connectivity index (χ0) is 22.2. The molecular weight excluding hydrogens is 414 g/mol. The van der Waals surface area contributed by atoms with Crippen LogP contribution < -0.4 is 4.74 Å². The van der Waals surface area contributed by atoms with Gasteiger partial charge >= 0.3 is 5.97 Å². The fourth-order valence-electron chi connectivity index (χ4n) is 3.39. The molecule has 1 N–H and O–H groups in total. The molecule has 160 valence electrons. The molecule has 3 rings (SSSR count). The van der Waals surface area contributed by atoms with E-state index in [-0.39, 0.29) is 18.9 Å². The summed E-state index contributed by atoms with van der Waals surface area (Å²) in [5, 5.41) is 9.75. The van der Waals surface area contributed by atoms with E-state index in [4.69, 9.17) is 21.4 Å². The van der Waals surface area contributed by atoms with Crippen LogP contribution in [-0.4, -0.2) is 42.1 Å². The number of ether oxygens (including phenoxy) is 1. The third-order valence-electron chi connectivity index (χ3n) is 4.97. The molecule has 0 aliphatic heterocycles. The molecule has 0 atom stereocenters. The van der Waals surface area contributed by atoms with Gasteiger partial charge in [0, 0.05) is 29.2 Å². The summed E-state index contributed by atoms with van der Waals surface area (Å²) in [5.74, 6) is -0.431. The van der Waals surface area contributed by atoms with Gasteiger partial charge in [-0.25, -0.2) is 0 Å². The summed E-state index contributed by atoms with van der Waals surface area (Å²) >= 11 is 6.05. The molecule has 0 heterocycles. The first-order valence-corrected chi connectivity index (χ1v) is 10.3. The zero-order valence-electron chi connectivity index (χ0n) is 17.3. The summed E-state index contributed by atoms with van der Waals surface area (Å²) in [6.45, 7) is 0.527. The molecule has 0 saturated carbocycles. The second kappa shape index (κ2) is 10.6. The Kier molecular flexibility index (Phi) is 7.68. The van der Waals surface area contributed by atoms with Crippen LogP contribution in [0.4, 0.5) is 0 Å². The number of carboxylic acid groups (broad SMARTS) is 1. The minimum Gasteiger partial charge on any atom is -0.496 e. The number of benzene rings is 3. The average molecular weight is 438 g/mol. The van der Waals surface area contributed by atoms with E-state index < -0.39 is 5.97 Å². The Labute approximate surface area is 186 Å². The third-order valence-corrected chi connectivity index (χ3v) is 5.20. The van der Waals surface area contributed by atoms with Crippen LogP contribution in [0.15, 0.2) is 72.8 Å². The van der Waals surface area contributed by atoms with Gasteiger partial charge < -0.3 is 14.7 Å². The number of nitrogens with zero attached hydrogens (tertiary/aromatic N) is 1. The van der Waals surface area contributed by atoms with Crippen molar-refractivity contribution in [3.05, 3.63) is 88.9 Å². The number of hydrogen-bond donors (Lipinski definition) is 1. The quantitative estimate of drug-likeness (QED) is 0.501. The van der Waals surface area contributed by atoms with Crippen molar-refractivity contribution in [3.8, 4) is 16.9 Å². The molecule has 3 aromatic rings. The molecule has 0 aromatic heterocycles. The van der Waals surface area contributed by atoms with Crippen molar-refractivity contribution < 1.29 is 19.4 Å². The Balaban J connectivity index is 1.83. The Morgan fingerprint density at radius 2 is 1.74 bits per heavy atom. The van der Waals surface area contributed by atoms with Crippen LogP contribution in [0, 0.1) is 0 Å². The lowest BCUT2D eigenvalue weighted by atomic mass is 10.0. The van der Waals surface area contributed by atoms with Gasteiger partial charge in [0.1, 0.15) is 5.75 Å². The van der Waals surface area contributed by atoms with Crippen LogP contribution in [-0.2, 0) is 11.2 Å². The highest BCUT2D eigenvalue weighted by Crippen LogP contribution is 2.30. The molecule has 0 radical (unpaired) electrons. The van der Waals surface area contributed by atoms with Crippen molar-refractivity contribution in [2.45, 2.75) is 12.8 Å². The second-order valence-electron chi connectivity index (χ2n) is 7.10. The number of carboxylic acids is 1. The van der Waals surface area contributed by atoms with Crippen molar-refractivity contribution in [2.75, 3.05) is 20.2 Å². The number of carbonyl (C=O) groups excluding carboxylic acids is 1. The van der Waals surface area contributed by atoms with Gasteiger partial charge in [0.2, 0.25) is 0 Å². The Bertz CT molecular complexity index is 1070. The van der Waals surface area contributed by atoms with Crippen LogP contribution in [0.1, 0.15) is 22.3 Å². The van der Waals surface area contributed by atoms with Gasteiger partial charge in [-0.3, -0.25) is 9.59 Å². The molecule has 5 nitrogen and oxygen atoms in total. The SMILES string of the molecule is COc1ccccc1-c1cccc(C(=O)N(CCC(=O)O)CCc2cccc(Cl)c2)c1. The maximum Gasteiger partial charge on any atom is 0.305 e. The lowest BCUT2D eigenvalue weighted by Crippen LogP contribution is -2.34. The Morgan fingerprint density at radius 1 is 0.968 bits per heavy atom. The summed E-state index contributed by atoms with van der Waals surface area (Å²) in [6.07, 6.45) is 0.464. The van der Waals surface area contributed by atoms with Crippen LogP contribution in [0.25, 0.3) is 11.1 Å². The Hall–Kier alpha value is -3.31. The lowest BCUT2D eigenvalue weighted by molar-refractivity contribution is -0.137. The van der Waals surface area contributed by atoms with Crippen molar-refractivity contribution in [1.29, 1.82) is 0 Å². The summed E-state index contributed by atoms with van der Waals surface area (Å²) in [5.41, 5.74) is 3.23. The normalized spacial score (nSPS) is 10.5. The number of methoxy groups -OCH3 is 1. The largest absolute Gasteiger partial charge is 0.496 e. The fraction of sp³-hybridized carbons (Fsp3) is 0.200. The second-order valence-corrected chi connectivity index (χ2v) is 7.53. The molecule has 0 bridgehead atoms. The van der Waals surface area contributed by atoms with E-state index >= 15 is 0 Å². The lowest BCUT2D eigenvalue weighted by Gasteiger charge is -2.22. The number of aliphatic carboxylic acids is 1. The molecule has 0 aliphatic carbocycles. The number of amides is 1. The Morgan fingerprint density at radius 3 is 2.48 bits per heavy atom. The molecule has 3 aromatic carbocycles. The van der Waals surface area contributed by atoms with E-state index in [0.717, 1.165) is 22.4 Å². The van der Waals surface area contributed by atoms with E-state index in [1.54, 1.807) is 24.1 Å². The third kappa shape index (κ3) is 6.09. The molecule has 0 aliphatic rings. The van der Waals surface area contributed by atoms with E-state index in [2.05, 4.69) is 0 Å². The predicted octanol–water partition coefficient (Wildman–Crippen LogP) is 5.18. The van der Waals surface area contributed by atoms with Crippen molar-refractivity contribution in [1.82, 2.24) is 4.90 Å². The maximum absolute atomic E-state index is 13.3. The van der Waals surface area contributed by atoms with Gasteiger partial charge in [0.15, 0.2) is 0 Å². The van der Waals surface area contributed by atoms with Crippen LogP contribution in [0.5, 0.6) is 5.75 Å². The number of halogens is 1. The molecule has 6 heteroatoms. The predicted molar refractivity (Wildman–Crippen MR) is 122 cm³/mol. The summed E-state index contributed by atoms with van der Waals surface area (Å²) in [4.78, 5) is 26.0. The van der Waals surface area contributed by atoms with Gasteiger partial charge in [0.25, 0.3) is 5.91 Å². The van der Waals surface area contributed by atoms with E-state index in [1.165, 1.54) is 0 Å². The molecule has 31 heavy (non-hydrogen) atoms. The highest BCUT2D eigenvalue weighted by Gasteiger charge is 2.18. The standard InChI is InChI=1S/C25H24ClNO4/c1-31-23-11-3-2-10-22(23)19-7-5-8-20(17-19)25(30)27(15-13-24(28)29)14-12-18-6-4-9-21(26)16-18/h2-11,16-17H,12-15H2,1H3,(H,28,29). The molecule has 0 fully saturated rings. The summed E-state index contributed by atoms with van der Waals surface area (Å²) in [7, 11) is 1.61. The van der Waals surface area contributed by atoms with Crippen LogP contribution in [0.3, 0.4) is 0 Å². The topological polar surface area (TPSA) is 66.8 Å². The number of carbonyl (C=O) groups is 2. The van der Waals surface area contributed by atoms with Crippen LogP contribution in [0.2, 0.25) is 5.02 Å². The molecule has 0 spiro atoms. The smallest absolute Gasteiger partial charge is 0.305 e. The van der Waals surface area contributed by atoms with Crippen molar-refractivity contribution in [2.24, 2.45) is 0 Å². The zero-order valence-corrected chi connectivity index (χ0v) is 18.0. The minimum absolute atomic E-state index is 0.118. The maximum atomic E-state index is 13.3. The van der Waals surface area contributed by atoms with Gasteiger partial charge in [-0.15, -0.1) is 0 Å². The highest BCUT2D eigenvalue weighted by molar-refractivity contribution is 6.30. The fourth-order valence-corrected chi connectivity index (χ4v) is 3.60. The van der Waals surface area contributed by atoms with Gasteiger partial charge in [-0.2, -0.15) is 0 Å². The van der Waals surface area contributed by atoms with Gasteiger partial charge in [-0.1, -0.05) is 54.1 Å². The van der Waals surface area contributed by atoms with Crippen LogP contribution >= 0.6 is 11.6 Å². The van der Waals surface area contributed by atoms with Crippen molar-refractivity contribution in [3.63, 3.8) is 0 Å². The summed E-state index contributed by atoms with van der Waals surface area (Å²) < 4.78 is 5.44. The average Bonchev–Trinajstić information content (AvgIpc) is 2.78. The highest BCUT2D eigenvalue weighted by atomic mass is 35.5. The first-order valence-electron chi connectivity index (χ1n) is 9.97. The molecule has 0 saturated heterocycles. The monoisotopic (exact) mass is 437 g/mol. The number of para-hydroxylation sites is 1. The minimum atomic E-state index is -0.941. The number of rotatable bonds is 9. The summed E-state index contributed by atoms with van der Waals surface area (Å²) in [6, 6.07) is 22.3. The first-order chi connectivity index (χ1) is 15.0. The van der Waals surface area contributed by atoms with E-state index in [1.807, 2.05) is 60.7 Å². The van der Waals surface area contributed by atoms with Crippen molar-refractivity contribution >= 4 is 23.5 Å². The number of hydrogen-bond acceptors (Lipinski definition) is 3. The van der Waals surface area contributed by atoms with Gasteiger partial charge in [-0.05, 0) is 47.9 Å². The van der Waals surface area contributed by atoms with E-state index in [9.17, 15) is 9.59 Å². The van der Waals surface area contributed by atoms with Gasteiger partial charge in [0.05, 0.1) is 13.5 Å². The first kappa shape index (κ1) is 22.4. The van der Waals surface area contributed by atoms with E-state index in [0.29, 0.717) is 23.6 Å². The molecule has 0 unspecified atom stereocenters. The molecule has 1 amide bonds.